The van der Waals surface area contributed by atoms with Crippen molar-refractivity contribution in [2.45, 2.75) is 26.2 Å². The third-order valence-electron chi connectivity index (χ3n) is 4.08. The molecule has 0 bridgehead atoms. The molecule has 21 heavy (non-hydrogen) atoms. The number of carbonyl (C=O) groups excluding carboxylic acids is 1. The highest BCUT2D eigenvalue weighted by Crippen LogP contribution is 2.28. The molecule has 1 nitrogen and oxygen atoms in total. The summed E-state index contributed by atoms with van der Waals surface area (Å²) in [7, 11) is 0. The molecule has 0 spiro atoms. The molecule has 0 aliphatic rings. The molecule has 106 valence electrons. The molecule has 2 aromatic carbocycles. The first-order valence-corrected chi connectivity index (χ1v) is 8.19. The normalized spacial score (nSPS) is 12.5. The Labute approximate surface area is 129 Å². The van der Waals surface area contributed by atoms with E-state index in [1.165, 1.54) is 5.56 Å². The van der Waals surface area contributed by atoms with Gasteiger partial charge in [0.05, 0.1) is 0 Å². The van der Waals surface area contributed by atoms with Gasteiger partial charge in [0.1, 0.15) is 0 Å². The number of ketones is 1. The summed E-state index contributed by atoms with van der Waals surface area (Å²) in [5, 5.41) is 3.02. The summed E-state index contributed by atoms with van der Waals surface area (Å²) in [5.41, 5.74) is 2.88. The number of rotatable bonds is 4. The average Bonchev–Trinajstić information content (AvgIpc) is 2.97. The topological polar surface area (TPSA) is 17.1 Å². The van der Waals surface area contributed by atoms with E-state index in [4.69, 9.17) is 0 Å². The molecular formula is C19H18OS. The van der Waals surface area contributed by atoms with Crippen molar-refractivity contribution in [2.24, 2.45) is 0 Å². The van der Waals surface area contributed by atoms with Gasteiger partial charge in [0.15, 0.2) is 5.78 Å². The molecular weight excluding hydrogens is 276 g/mol. The summed E-state index contributed by atoms with van der Waals surface area (Å²) in [5.74, 6) is 0.652. The molecule has 1 unspecified atom stereocenters. The van der Waals surface area contributed by atoms with Gasteiger partial charge in [-0.2, -0.15) is 0 Å². The standard InChI is InChI=1S/C19H18OS/c1-3-13(2)14-8-10-15(11-9-14)19(20)17-12-21-18-7-5-4-6-16(17)18/h4-13H,3H2,1-2H3. The lowest BCUT2D eigenvalue weighted by Crippen LogP contribution is -2.01. The van der Waals surface area contributed by atoms with E-state index >= 15 is 0 Å². The Morgan fingerprint density at radius 1 is 1.10 bits per heavy atom. The average molecular weight is 294 g/mol. The molecule has 0 N–H and O–H groups in total. The first-order chi connectivity index (χ1) is 10.2. The number of fused-ring (bicyclic) bond motifs is 1. The predicted octanol–water partition coefficient (Wildman–Crippen LogP) is 5.65. The summed E-state index contributed by atoms with van der Waals surface area (Å²) < 4.78 is 1.16. The fourth-order valence-corrected chi connectivity index (χ4v) is 3.45. The molecule has 1 heterocycles. The molecule has 2 heteroatoms. The van der Waals surface area contributed by atoms with Crippen LogP contribution in [0.1, 0.15) is 47.7 Å². The Kier molecular flexibility index (Phi) is 3.89. The van der Waals surface area contributed by atoms with Crippen LogP contribution >= 0.6 is 11.3 Å². The van der Waals surface area contributed by atoms with Crippen molar-refractivity contribution < 1.29 is 4.79 Å². The van der Waals surface area contributed by atoms with Gasteiger partial charge >= 0.3 is 0 Å². The molecule has 0 radical (unpaired) electrons. The van der Waals surface area contributed by atoms with Gasteiger partial charge in [-0.3, -0.25) is 4.79 Å². The van der Waals surface area contributed by atoms with Crippen molar-refractivity contribution in [3.63, 3.8) is 0 Å². The summed E-state index contributed by atoms with van der Waals surface area (Å²) in [6.45, 7) is 4.39. The van der Waals surface area contributed by atoms with Crippen molar-refractivity contribution in [2.75, 3.05) is 0 Å². The van der Waals surface area contributed by atoms with Gasteiger partial charge in [-0.1, -0.05) is 56.3 Å². The Morgan fingerprint density at radius 3 is 2.52 bits per heavy atom. The molecule has 1 atom stereocenters. The zero-order valence-corrected chi connectivity index (χ0v) is 13.1. The van der Waals surface area contributed by atoms with Crippen molar-refractivity contribution in [3.8, 4) is 0 Å². The van der Waals surface area contributed by atoms with Crippen LogP contribution in [0.3, 0.4) is 0 Å². The van der Waals surface area contributed by atoms with Crippen molar-refractivity contribution >= 4 is 27.2 Å². The lowest BCUT2D eigenvalue weighted by molar-refractivity contribution is 0.104. The Morgan fingerprint density at radius 2 is 1.81 bits per heavy atom. The molecule has 1 aromatic heterocycles. The van der Waals surface area contributed by atoms with E-state index < -0.39 is 0 Å². The molecule has 3 aromatic rings. The highest BCUT2D eigenvalue weighted by molar-refractivity contribution is 7.17. The Hall–Kier alpha value is -1.93. The maximum atomic E-state index is 12.7. The summed E-state index contributed by atoms with van der Waals surface area (Å²) in [6.07, 6.45) is 1.11. The van der Waals surface area contributed by atoms with Crippen LogP contribution in [0.25, 0.3) is 10.1 Å². The van der Waals surface area contributed by atoms with Gasteiger partial charge in [-0.05, 0) is 24.0 Å². The third-order valence-corrected chi connectivity index (χ3v) is 5.04. The van der Waals surface area contributed by atoms with Gasteiger partial charge in [0, 0.05) is 26.6 Å². The van der Waals surface area contributed by atoms with Crippen LogP contribution in [0, 0.1) is 0 Å². The van der Waals surface area contributed by atoms with Crippen LogP contribution in [-0.2, 0) is 0 Å². The summed E-state index contributed by atoms with van der Waals surface area (Å²) in [6, 6.07) is 16.1. The zero-order valence-electron chi connectivity index (χ0n) is 12.3. The lowest BCUT2D eigenvalue weighted by atomic mass is 9.95. The molecule has 0 aliphatic heterocycles. The van der Waals surface area contributed by atoms with Crippen molar-refractivity contribution in [1.82, 2.24) is 0 Å². The van der Waals surface area contributed by atoms with Crippen molar-refractivity contribution in [3.05, 3.63) is 70.6 Å². The van der Waals surface area contributed by atoms with Crippen LogP contribution in [0.2, 0.25) is 0 Å². The van der Waals surface area contributed by atoms with Crippen molar-refractivity contribution in [1.29, 1.82) is 0 Å². The monoisotopic (exact) mass is 294 g/mol. The first kappa shape index (κ1) is 14.0. The smallest absolute Gasteiger partial charge is 0.194 e. The van der Waals surface area contributed by atoms with Crippen LogP contribution < -0.4 is 0 Å². The molecule has 0 saturated carbocycles. The van der Waals surface area contributed by atoms with E-state index in [0.717, 1.165) is 27.6 Å². The number of hydrogen-bond donors (Lipinski definition) is 0. The first-order valence-electron chi connectivity index (χ1n) is 7.31. The predicted molar refractivity (Wildman–Crippen MR) is 90.4 cm³/mol. The quantitative estimate of drug-likeness (QED) is 0.569. The minimum absolute atomic E-state index is 0.114. The second-order valence-electron chi connectivity index (χ2n) is 5.41. The molecule has 0 aliphatic carbocycles. The van der Waals surface area contributed by atoms with Gasteiger partial charge in [0.2, 0.25) is 0 Å². The third kappa shape index (κ3) is 2.64. The maximum Gasteiger partial charge on any atom is 0.194 e. The number of carbonyl (C=O) groups is 1. The molecule has 0 amide bonds. The van der Waals surface area contributed by atoms with E-state index in [1.807, 2.05) is 35.7 Å². The molecule has 0 saturated heterocycles. The minimum Gasteiger partial charge on any atom is -0.289 e. The Balaban J connectivity index is 1.95. The summed E-state index contributed by atoms with van der Waals surface area (Å²) >= 11 is 1.63. The van der Waals surface area contributed by atoms with Crippen LogP contribution in [0.4, 0.5) is 0 Å². The second-order valence-corrected chi connectivity index (χ2v) is 6.32. The SMILES string of the molecule is CCC(C)c1ccc(C(=O)c2csc3ccccc23)cc1. The highest BCUT2D eigenvalue weighted by atomic mass is 32.1. The minimum atomic E-state index is 0.114. The van der Waals surface area contributed by atoms with E-state index in [0.29, 0.717) is 5.92 Å². The highest BCUT2D eigenvalue weighted by Gasteiger charge is 2.14. The maximum absolute atomic E-state index is 12.7. The fraction of sp³-hybridized carbons (Fsp3) is 0.211. The number of benzene rings is 2. The molecule has 3 rings (SSSR count). The Bertz CT molecular complexity index is 768. The van der Waals surface area contributed by atoms with Gasteiger partial charge in [0.25, 0.3) is 0 Å². The number of thiophene rings is 1. The summed E-state index contributed by atoms with van der Waals surface area (Å²) in [4.78, 5) is 12.7. The van der Waals surface area contributed by atoms with E-state index in [2.05, 4.69) is 32.0 Å². The lowest BCUT2D eigenvalue weighted by Gasteiger charge is -2.09. The van der Waals surface area contributed by atoms with Crippen LogP contribution in [0.5, 0.6) is 0 Å². The van der Waals surface area contributed by atoms with E-state index in [1.54, 1.807) is 11.3 Å². The van der Waals surface area contributed by atoms with Crippen LogP contribution in [0.15, 0.2) is 53.9 Å². The van der Waals surface area contributed by atoms with Crippen LogP contribution in [-0.4, -0.2) is 5.78 Å². The van der Waals surface area contributed by atoms with Gasteiger partial charge < -0.3 is 0 Å². The zero-order chi connectivity index (χ0) is 14.8. The van der Waals surface area contributed by atoms with E-state index in [9.17, 15) is 4.79 Å². The fourth-order valence-electron chi connectivity index (χ4n) is 2.51. The van der Waals surface area contributed by atoms with E-state index in [-0.39, 0.29) is 5.78 Å². The largest absolute Gasteiger partial charge is 0.289 e. The van der Waals surface area contributed by atoms with Gasteiger partial charge in [-0.15, -0.1) is 11.3 Å². The van der Waals surface area contributed by atoms with Gasteiger partial charge in [-0.25, -0.2) is 0 Å². The molecule has 0 fully saturated rings. The number of hydrogen-bond acceptors (Lipinski definition) is 2. The second kappa shape index (κ2) is 5.82.